The van der Waals surface area contributed by atoms with Crippen molar-refractivity contribution in [2.24, 2.45) is 5.10 Å². The third kappa shape index (κ3) is 4.52. The molecule has 0 spiro atoms. The molecule has 0 unspecified atom stereocenters. The number of nitrogens with zero attached hydrogens (tertiary/aromatic N) is 1. The van der Waals surface area contributed by atoms with Gasteiger partial charge in [-0.1, -0.05) is 53.6 Å². The molecule has 0 saturated heterocycles. The quantitative estimate of drug-likeness (QED) is 0.680. The van der Waals surface area contributed by atoms with Crippen LogP contribution in [0.4, 0.5) is 0 Å². The van der Waals surface area contributed by atoms with Crippen molar-refractivity contribution in [1.29, 1.82) is 0 Å². The number of carbonyl (C=O) groups is 1. The zero-order valence-electron chi connectivity index (χ0n) is 11.1. The molecule has 3 nitrogen and oxygen atoms in total. The molecule has 2 aromatic carbocycles. The van der Waals surface area contributed by atoms with Crippen LogP contribution < -0.4 is 5.43 Å². The van der Waals surface area contributed by atoms with Crippen LogP contribution in [0.2, 0.25) is 5.02 Å². The second kappa shape index (κ2) is 6.87. The molecule has 2 aromatic rings. The van der Waals surface area contributed by atoms with Crippen LogP contribution in [0.3, 0.4) is 0 Å². The molecule has 20 heavy (non-hydrogen) atoms. The Kier molecular flexibility index (Phi) is 4.91. The van der Waals surface area contributed by atoms with Crippen LogP contribution in [0.1, 0.15) is 16.7 Å². The maximum absolute atomic E-state index is 11.7. The summed E-state index contributed by atoms with van der Waals surface area (Å²) in [4.78, 5) is 11.7. The number of nitrogens with one attached hydrogen (secondary N) is 1. The van der Waals surface area contributed by atoms with Gasteiger partial charge in [0, 0.05) is 5.02 Å². The Morgan fingerprint density at radius 2 is 2.00 bits per heavy atom. The van der Waals surface area contributed by atoms with E-state index in [1.807, 2.05) is 43.3 Å². The van der Waals surface area contributed by atoms with Gasteiger partial charge in [-0.15, -0.1) is 0 Å². The summed E-state index contributed by atoms with van der Waals surface area (Å²) < 4.78 is 0. The summed E-state index contributed by atoms with van der Waals surface area (Å²) >= 11 is 5.79. The number of amides is 1. The van der Waals surface area contributed by atoms with Crippen molar-refractivity contribution in [3.63, 3.8) is 0 Å². The number of carbonyl (C=O) groups excluding carboxylic acids is 1. The lowest BCUT2D eigenvalue weighted by atomic mass is 10.1. The molecule has 0 aromatic heterocycles. The van der Waals surface area contributed by atoms with Crippen LogP contribution in [0.25, 0.3) is 0 Å². The minimum atomic E-state index is -0.156. The van der Waals surface area contributed by atoms with Gasteiger partial charge in [0.2, 0.25) is 5.91 Å². The Hall–Kier alpha value is -2.13. The van der Waals surface area contributed by atoms with Crippen molar-refractivity contribution in [3.05, 3.63) is 70.2 Å². The molecule has 0 aliphatic heterocycles. The van der Waals surface area contributed by atoms with Crippen LogP contribution in [-0.2, 0) is 11.2 Å². The topological polar surface area (TPSA) is 41.5 Å². The molecular weight excluding hydrogens is 272 g/mol. The zero-order chi connectivity index (χ0) is 14.4. The first-order chi connectivity index (χ1) is 9.63. The Labute approximate surface area is 123 Å². The Balaban J connectivity index is 1.87. The van der Waals surface area contributed by atoms with Crippen molar-refractivity contribution in [2.45, 2.75) is 13.3 Å². The van der Waals surface area contributed by atoms with E-state index in [1.54, 1.807) is 18.3 Å². The van der Waals surface area contributed by atoms with E-state index in [0.29, 0.717) is 5.02 Å². The second-order valence-electron chi connectivity index (χ2n) is 4.51. The van der Waals surface area contributed by atoms with E-state index in [2.05, 4.69) is 10.5 Å². The predicted molar refractivity (Wildman–Crippen MR) is 82.1 cm³/mol. The van der Waals surface area contributed by atoms with E-state index in [1.165, 1.54) is 0 Å². The van der Waals surface area contributed by atoms with Gasteiger partial charge in [0.1, 0.15) is 0 Å². The number of aryl methyl sites for hydroxylation is 1. The molecule has 0 heterocycles. The molecule has 1 amide bonds. The highest BCUT2D eigenvalue weighted by atomic mass is 35.5. The monoisotopic (exact) mass is 286 g/mol. The number of rotatable bonds is 4. The summed E-state index contributed by atoms with van der Waals surface area (Å²) in [6, 6.07) is 15.1. The normalized spacial score (nSPS) is 10.7. The Morgan fingerprint density at radius 1 is 1.25 bits per heavy atom. The summed E-state index contributed by atoms with van der Waals surface area (Å²) in [5.74, 6) is -0.156. The van der Waals surface area contributed by atoms with E-state index in [9.17, 15) is 4.79 Å². The zero-order valence-corrected chi connectivity index (χ0v) is 11.9. The Bertz CT molecular complexity index is 621. The lowest BCUT2D eigenvalue weighted by molar-refractivity contribution is -0.120. The van der Waals surface area contributed by atoms with Gasteiger partial charge in [-0.05, 0) is 30.2 Å². The average Bonchev–Trinajstić information content (AvgIpc) is 2.41. The van der Waals surface area contributed by atoms with Crippen molar-refractivity contribution >= 4 is 23.7 Å². The third-order valence-electron chi connectivity index (χ3n) is 2.72. The first-order valence-electron chi connectivity index (χ1n) is 6.26. The van der Waals surface area contributed by atoms with Gasteiger partial charge in [0.15, 0.2) is 0 Å². The average molecular weight is 287 g/mol. The molecule has 0 aliphatic rings. The molecule has 102 valence electrons. The van der Waals surface area contributed by atoms with Gasteiger partial charge >= 0.3 is 0 Å². The van der Waals surface area contributed by atoms with E-state index >= 15 is 0 Å². The van der Waals surface area contributed by atoms with Crippen molar-refractivity contribution < 1.29 is 4.79 Å². The lowest BCUT2D eigenvalue weighted by Crippen LogP contribution is -2.19. The molecule has 4 heteroatoms. The molecule has 2 rings (SSSR count). The summed E-state index contributed by atoms with van der Waals surface area (Å²) in [6.07, 6.45) is 1.91. The van der Waals surface area contributed by atoms with Crippen LogP contribution in [0.15, 0.2) is 53.6 Å². The summed E-state index contributed by atoms with van der Waals surface area (Å²) in [7, 11) is 0. The van der Waals surface area contributed by atoms with Gasteiger partial charge < -0.3 is 0 Å². The summed E-state index contributed by atoms with van der Waals surface area (Å²) in [5.41, 5.74) is 5.52. The van der Waals surface area contributed by atoms with Crippen molar-refractivity contribution in [1.82, 2.24) is 5.43 Å². The SMILES string of the molecule is Cc1cccc(/C=N\NC(=O)Cc2ccc(Cl)cc2)c1. The van der Waals surface area contributed by atoms with Gasteiger partial charge in [0.25, 0.3) is 0 Å². The molecule has 0 atom stereocenters. The first-order valence-corrected chi connectivity index (χ1v) is 6.64. The fraction of sp³-hybridized carbons (Fsp3) is 0.125. The molecule has 1 N–H and O–H groups in total. The maximum atomic E-state index is 11.7. The third-order valence-corrected chi connectivity index (χ3v) is 2.97. The van der Waals surface area contributed by atoms with Crippen LogP contribution in [0, 0.1) is 6.92 Å². The summed E-state index contributed by atoms with van der Waals surface area (Å²) in [5, 5.41) is 4.60. The van der Waals surface area contributed by atoms with Gasteiger partial charge in [-0.25, -0.2) is 5.43 Å². The fourth-order valence-corrected chi connectivity index (χ4v) is 1.88. The molecule has 0 aliphatic carbocycles. The highest BCUT2D eigenvalue weighted by Gasteiger charge is 2.01. The van der Waals surface area contributed by atoms with Crippen molar-refractivity contribution in [2.75, 3.05) is 0 Å². The van der Waals surface area contributed by atoms with Crippen LogP contribution in [-0.4, -0.2) is 12.1 Å². The van der Waals surface area contributed by atoms with Gasteiger partial charge in [0.05, 0.1) is 12.6 Å². The number of hydrazone groups is 1. The number of benzene rings is 2. The largest absolute Gasteiger partial charge is 0.273 e. The molecular formula is C16H15ClN2O. The molecule has 0 saturated carbocycles. The first kappa shape index (κ1) is 14.3. The molecule has 0 radical (unpaired) electrons. The van der Waals surface area contributed by atoms with Crippen LogP contribution in [0.5, 0.6) is 0 Å². The maximum Gasteiger partial charge on any atom is 0.244 e. The second-order valence-corrected chi connectivity index (χ2v) is 4.95. The molecule has 0 fully saturated rings. The van der Waals surface area contributed by atoms with Gasteiger partial charge in [-0.2, -0.15) is 5.10 Å². The molecule has 0 bridgehead atoms. The highest BCUT2D eigenvalue weighted by Crippen LogP contribution is 2.09. The standard InChI is InChI=1S/C16H15ClN2O/c1-12-3-2-4-14(9-12)11-18-19-16(20)10-13-5-7-15(17)8-6-13/h2-9,11H,10H2,1H3,(H,19,20)/b18-11-. The minimum absolute atomic E-state index is 0.156. The Morgan fingerprint density at radius 3 is 2.70 bits per heavy atom. The van der Waals surface area contributed by atoms with E-state index in [4.69, 9.17) is 11.6 Å². The lowest BCUT2D eigenvalue weighted by Gasteiger charge is -2.01. The summed E-state index contributed by atoms with van der Waals surface area (Å²) in [6.45, 7) is 2.01. The van der Waals surface area contributed by atoms with Crippen LogP contribution >= 0.6 is 11.6 Å². The number of halogens is 1. The van der Waals surface area contributed by atoms with E-state index < -0.39 is 0 Å². The van der Waals surface area contributed by atoms with E-state index in [-0.39, 0.29) is 12.3 Å². The number of hydrogen-bond acceptors (Lipinski definition) is 2. The van der Waals surface area contributed by atoms with Gasteiger partial charge in [-0.3, -0.25) is 4.79 Å². The van der Waals surface area contributed by atoms with E-state index in [0.717, 1.165) is 16.7 Å². The highest BCUT2D eigenvalue weighted by molar-refractivity contribution is 6.30. The smallest absolute Gasteiger partial charge is 0.244 e. The predicted octanol–water partition coefficient (Wildman–Crippen LogP) is 3.34. The fourth-order valence-electron chi connectivity index (χ4n) is 1.76. The van der Waals surface area contributed by atoms with Crippen molar-refractivity contribution in [3.8, 4) is 0 Å². The minimum Gasteiger partial charge on any atom is -0.273 e. The number of hydrogen-bond donors (Lipinski definition) is 1.